The van der Waals surface area contributed by atoms with Gasteiger partial charge in [0.05, 0.1) is 0 Å². The minimum atomic E-state index is 0.100. The van der Waals surface area contributed by atoms with Gasteiger partial charge in [-0.1, -0.05) is 52.4 Å². The molecule has 0 spiro atoms. The minimum absolute atomic E-state index is 0.100. The van der Waals surface area contributed by atoms with Crippen molar-refractivity contribution in [3.8, 4) is 0 Å². The van der Waals surface area contributed by atoms with E-state index >= 15 is 0 Å². The number of hydrogen-bond donors (Lipinski definition) is 0. The molecule has 108 valence electrons. The lowest BCUT2D eigenvalue weighted by Gasteiger charge is -2.22. The molecular formula is C16H32O2. The number of unbranched alkanes of at least 4 members (excludes halogenated alkanes) is 3. The highest BCUT2D eigenvalue weighted by molar-refractivity contribution is 4.55. The lowest BCUT2D eigenvalue weighted by Crippen LogP contribution is -2.22. The van der Waals surface area contributed by atoms with Gasteiger partial charge in [0, 0.05) is 13.2 Å². The van der Waals surface area contributed by atoms with E-state index in [0.717, 1.165) is 25.6 Å². The first-order chi connectivity index (χ1) is 8.83. The zero-order chi connectivity index (χ0) is 13.1. The van der Waals surface area contributed by atoms with E-state index in [1.807, 2.05) is 0 Å². The standard InChI is InChI=1S/C16H32O2/c1-3-10-15(2)11-6-4-5-8-13-17-16-12-7-9-14-18-16/h15-16H,3-14H2,1-2H3. The average molecular weight is 256 g/mol. The largest absolute Gasteiger partial charge is 0.353 e. The fourth-order valence-corrected chi connectivity index (χ4v) is 2.64. The van der Waals surface area contributed by atoms with Crippen molar-refractivity contribution in [3.05, 3.63) is 0 Å². The Hall–Kier alpha value is -0.0800. The normalized spacial score (nSPS) is 22.0. The Balaban J connectivity index is 1.80. The van der Waals surface area contributed by atoms with E-state index in [-0.39, 0.29) is 6.29 Å². The van der Waals surface area contributed by atoms with E-state index in [9.17, 15) is 0 Å². The van der Waals surface area contributed by atoms with Crippen LogP contribution in [0.5, 0.6) is 0 Å². The quantitative estimate of drug-likeness (QED) is 0.517. The summed E-state index contributed by atoms with van der Waals surface area (Å²) in [7, 11) is 0. The maximum absolute atomic E-state index is 5.73. The van der Waals surface area contributed by atoms with Gasteiger partial charge in [-0.15, -0.1) is 0 Å². The smallest absolute Gasteiger partial charge is 0.157 e. The van der Waals surface area contributed by atoms with Crippen molar-refractivity contribution in [2.45, 2.75) is 84.3 Å². The van der Waals surface area contributed by atoms with E-state index < -0.39 is 0 Å². The van der Waals surface area contributed by atoms with Crippen molar-refractivity contribution in [2.24, 2.45) is 5.92 Å². The second kappa shape index (κ2) is 10.8. The molecule has 0 aromatic rings. The maximum Gasteiger partial charge on any atom is 0.157 e. The Morgan fingerprint density at radius 1 is 1.11 bits per heavy atom. The summed E-state index contributed by atoms with van der Waals surface area (Å²) in [5.41, 5.74) is 0. The van der Waals surface area contributed by atoms with Crippen molar-refractivity contribution in [1.82, 2.24) is 0 Å². The van der Waals surface area contributed by atoms with Crippen molar-refractivity contribution < 1.29 is 9.47 Å². The monoisotopic (exact) mass is 256 g/mol. The SMILES string of the molecule is CCCC(C)CCCCCCOC1CCCCO1. The van der Waals surface area contributed by atoms with Crippen molar-refractivity contribution in [2.75, 3.05) is 13.2 Å². The summed E-state index contributed by atoms with van der Waals surface area (Å²) in [6.45, 7) is 6.43. The van der Waals surface area contributed by atoms with Gasteiger partial charge in [-0.3, -0.25) is 0 Å². The van der Waals surface area contributed by atoms with E-state index in [1.165, 1.54) is 57.8 Å². The minimum Gasteiger partial charge on any atom is -0.353 e. The summed E-state index contributed by atoms with van der Waals surface area (Å²) in [5.74, 6) is 0.918. The second-order valence-corrected chi connectivity index (χ2v) is 5.76. The maximum atomic E-state index is 5.73. The van der Waals surface area contributed by atoms with Gasteiger partial charge in [0.1, 0.15) is 0 Å². The van der Waals surface area contributed by atoms with Gasteiger partial charge >= 0.3 is 0 Å². The van der Waals surface area contributed by atoms with Crippen LogP contribution in [0.25, 0.3) is 0 Å². The highest BCUT2D eigenvalue weighted by Gasteiger charge is 2.13. The Morgan fingerprint density at radius 3 is 2.67 bits per heavy atom. The molecule has 0 radical (unpaired) electrons. The Kier molecular flexibility index (Phi) is 9.59. The zero-order valence-corrected chi connectivity index (χ0v) is 12.5. The molecule has 1 saturated heterocycles. The molecule has 2 atom stereocenters. The first-order valence-electron chi connectivity index (χ1n) is 8.06. The molecule has 1 fully saturated rings. The van der Waals surface area contributed by atoms with Crippen LogP contribution < -0.4 is 0 Å². The molecule has 0 aliphatic carbocycles. The topological polar surface area (TPSA) is 18.5 Å². The van der Waals surface area contributed by atoms with E-state index in [2.05, 4.69) is 13.8 Å². The van der Waals surface area contributed by atoms with Gasteiger partial charge in [-0.05, 0) is 31.6 Å². The second-order valence-electron chi connectivity index (χ2n) is 5.76. The molecule has 0 saturated carbocycles. The van der Waals surface area contributed by atoms with Crippen LogP contribution in [-0.4, -0.2) is 19.5 Å². The molecule has 2 heteroatoms. The van der Waals surface area contributed by atoms with Gasteiger partial charge in [-0.25, -0.2) is 0 Å². The molecule has 0 bridgehead atoms. The Bertz CT molecular complexity index is 176. The van der Waals surface area contributed by atoms with Crippen molar-refractivity contribution in [3.63, 3.8) is 0 Å². The average Bonchev–Trinajstić information content (AvgIpc) is 2.39. The molecule has 0 aromatic heterocycles. The molecule has 1 rings (SSSR count). The van der Waals surface area contributed by atoms with E-state index in [0.29, 0.717) is 0 Å². The van der Waals surface area contributed by atoms with E-state index in [1.54, 1.807) is 0 Å². The van der Waals surface area contributed by atoms with Crippen LogP contribution in [0.1, 0.15) is 78.1 Å². The van der Waals surface area contributed by atoms with Crippen LogP contribution in [0, 0.1) is 5.92 Å². The van der Waals surface area contributed by atoms with E-state index in [4.69, 9.17) is 9.47 Å². The lowest BCUT2D eigenvalue weighted by atomic mass is 9.98. The van der Waals surface area contributed by atoms with Crippen LogP contribution >= 0.6 is 0 Å². The third kappa shape index (κ3) is 8.10. The zero-order valence-electron chi connectivity index (χ0n) is 12.5. The van der Waals surface area contributed by atoms with Crippen molar-refractivity contribution >= 4 is 0 Å². The van der Waals surface area contributed by atoms with Crippen LogP contribution in [0.3, 0.4) is 0 Å². The first-order valence-corrected chi connectivity index (χ1v) is 8.06. The number of hydrogen-bond acceptors (Lipinski definition) is 2. The third-order valence-electron chi connectivity index (χ3n) is 3.81. The predicted molar refractivity (Wildman–Crippen MR) is 76.7 cm³/mol. The first kappa shape index (κ1) is 16.0. The van der Waals surface area contributed by atoms with Crippen LogP contribution in [-0.2, 0) is 9.47 Å². The molecule has 2 nitrogen and oxygen atoms in total. The highest BCUT2D eigenvalue weighted by Crippen LogP contribution is 2.16. The van der Waals surface area contributed by atoms with Crippen LogP contribution in [0.2, 0.25) is 0 Å². The summed E-state index contributed by atoms with van der Waals surface area (Å²) in [4.78, 5) is 0. The molecule has 0 amide bonds. The summed E-state index contributed by atoms with van der Waals surface area (Å²) in [6, 6.07) is 0. The van der Waals surface area contributed by atoms with Crippen LogP contribution in [0.15, 0.2) is 0 Å². The number of rotatable bonds is 10. The molecule has 0 N–H and O–H groups in total. The van der Waals surface area contributed by atoms with Crippen molar-refractivity contribution in [1.29, 1.82) is 0 Å². The summed E-state index contributed by atoms with van der Waals surface area (Å²) < 4.78 is 11.3. The van der Waals surface area contributed by atoms with Crippen LogP contribution in [0.4, 0.5) is 0 Å². The van der Waals surface area contributed by atoms with Gasteiger partial charge in [0.15, 0.2) is 6.29 Å². The Morgan fingerprint density at radius 2 is 1.94 bits per heavy atom. The summed E-state index contributed by atoms with van der Waals surface area (Å²) >= 11 is 0. The summed E-state index contributed by atoms with van der Waals surface area (Å²) in [6.07, 6.45) is 13.0. The molecular weight excluding hydrogens is 224 g/mol. The van der Waals surface area contributed by atoms with Gasteiger partial charge < -0.3 is 9.47 Å². The molecule has 2 unspecified atom stereocenters. The number of ether oxygens (including phenoxy) is 2. The summed E-state index contributed by atoms with van der Waals surface area (Å²) in [5, 5.41) is 0. The fourth-order valence-electron chi connectivity index (χ4n) is 2.64. The van der Waals surface area contributed by atoms with Gasteiger partial charge in [0.2, 0.25) is 0 Å². The molecule has 1 heterocycles. The molecule has 18 heavy (non-hydrogen) atoms. The predicted octanol–water partition coefficient (Wildman–Crippen LogP) is 4.92. The third-order valence-corrected chi connectivity index (χ3v) is 3.81. The lowest BCUT2D eigenvalue weighted by molar-refractivity contribution is -0.162. The van der Waals surface area contributed by atoms with Gasteiger partial charge in [0.25, 0.3) is 0 Å². The van der Waals surface area contributed by atoms with Gasteiger partial charge in [-0.2, -0.15) is 0 Å². The highest BCUT2D eigenvalue weighted by atomic mass is 16.7. The molecule has 1 aliphatic heterocycles. The Labute approximate surface area is 113 Å². The molecule has 0 aromatic carbocycles. The fraction of sp³-hybridized carbons (Fsp3) is 1.00. The molecule has 1 aliphatic rings.